The number of hydrogen-bond donors (Lipinski definition) is 1. The van der Waals surface area contributed by atoms with E-state index in [-0.39, 0.29) is 0 Å². The smallest absolute Gasteiger partial charge is 0.306 e. The van der Waals surface area contributed by atoms with E-state index in [0.717, 1.165) is 13.8 Å². The van der Waals surface area contributed by atoms with Crippen LogP contribution >= 0.6 is 0 Å². The molecule has 2 heteroatoms. The first-order valence-electron chi connectivity index (χ1n) is 3.43. The summed E-state index contributed by atoms with van der Waals surface area (Å²) in [5, 5.41) is 8.35. The second kappa shape index (κ2) is 2.61. The van der Waals surface area contributed by atoms with Crippen molar-refractivity contribution >= 4 is 5.97 Å². The molecule has 0 saturated carbocycles. The molecule has 0 aliphatic carbocycles. The summed E-state index contributed by atoms with van der Waals surface area (Å²) in [6.07, 6.45) is -2.02. The SMILES string of the molecule is [2H]C([2H])(C)C([2H])(C)C(=O)O. The van der Waals surface area contributed by atoms with Crippen LogP contribution in [0.25, 0.3) is 0 Å². The molecule has 0 radical (unpaired) electrons. The molecule has 0 aliphatic heterocycles. The number of hydrogen-bond acceptors (Lipinski definition) is 1. The third kappa shape index (κ3) is 2.20. The molecule has 7 heavy (non-hydrogen) atoms. The zero-order valence-electron chi connectivity index (χ0n) is 7.36. The van der Waals surface area contributed by atoms with Gasteiger partial charge < -0.3 is 5.11 Å². The van der Waals surface area contributed by atoms with Crippen LogP contribution in [-0.2, 0) is 4.79 Å². The monoisotopic (exact) mass is 105 g/mol. The molecule has 1 unspecified atom stereocenters. The Bertz CT molecular complexity index is 147. The summed E-state index contributed by atoms with van der Waals surface area (Å²) in [4.78, 5) is 10.2. The summed E-state index contributed by atoms with van der Waals surface area (Å²) >= 11 is 0. The molecule has 0 amide bonds. The average molecular weight is 105 g/mol. The first kappa shape index (κ1) is 2.70. The Morgan fingerprint density at radius 1 is 2.29 bits per heavy atom. The molecule has 0 bridgehead atoms. The third-order valence-electron chi connectivity index (χ3n) is 0.696. The fraction of sp³-hybridized carbons (Fsp3) is 0.800. The van der Waals surface area contributed by atoms with Crippen LogP contribution in [0.3, 0.4) is 0 Å². The van der Waals surface area contributed by atoms with Gasteiger partial charge in [-0.3, -0.25) is 4.79 Å². The van der Waals surface area contributed by atoms with Crippen molar-refractivity contribution in [1.82, 2.24) is 0 Å². The van der Waals surface area contributed by atoms with Gasteiger partial charge in [0.25, 0.3) is 0 Å². The molecule has 0 fully saturated rings. The van der Waals surface area contributed by atoms with E-state index in [0.29, 0.717) is 0 Å². The third-order valence-corrected chi connectivity index (χ3v) is 0.696. The lowest BCUT2D eigenvalue weighted by Crippen LogP contribution is -2.06. The molecular weight excluding hydrogens is 92.1 g/mol. The Balaban J connectivity index is 4.57. The van der Waals surface area contributed by atoms with E-state index in [9.17, 15) is 4.79 Å². The summed E-state index contributed by atoms with van der Waals surface area (Å²) in [6, 6.07) is 0. The van der Waals surface area contributed by atoms with Crippen molar-refractivity contribution in [3.63, 3.8) is 0 Å². The van der Waals surface area contributed by atoms with Crippen LogP contribution in [-0.4, -0.2) is 11.1 Å². The molecule has 0 aromatic rings. The number of carboxylic acid groups (broad SMARTS) is 1. The minimum atomic E-state index is -2.06. The highest BCUT2D eigenvalue weighted by molar-refractivity contribution is 5.69. The molecule has 1 N–H and O–H groups in total. The number of aliphatic carboxylic acids is 1. The van der Waals surface area contributed by atoms with Gasteiger partial charge >= 0.3 is 5.97 Å². The van der Waals surface area contributed by atoms with Crippen molar-refractivity contribution < 1.29 is 14.0 Å². The van der Waals surface area contributed by atoms with Crippen LogP contribution in [0.1, 0.15) is 24.3 Å². The van der Waals surface area contributed by atoms with E-state index in [1.807, 2.05) is 0 Å². The van der Waals surface area contributed by atoms with Crippen molar-refractivity contribution in [2.45, 2.75) is 20.2 Å². The van der Waals surface area contributed by atoms with Gasteiger partial charge in [0.1, 0.15) is 0 Å². The molecule has 0 spiro atoms. The second-order valence-electron chi connectivity index (χ2n) is 1.18. The number of rotatable bonds is 2. The van der Waals surface area contributed by atoms with E-state index in [1.165, 1.54) is 0 Å². The van der Waals surface area contributed by atoms with Crippen LogP contribution in [0.15, 0.2) is 0 Å². The van der Waals surface area contributed by atoms with Crippen molar-refractivity contribution in [1.29, 1.82) is 0 Å². The van der Waals surface area contributed by atoms with E-state index in [4.69, 9.17) is 9.22 Å². The molecular formula is C5H10O2. The van der Waals surface area contributed by atoms with Gasteiger partial charge in [0.05, 0.1) is 5.89 Å². The summed E-state index contributed by atoms with van der Waals surface area (Å²) in [5.74, 6) is -3.51. The lowest BCUT2D eigenvalue weighted by atomic mass is 10.1. The summed E-state index contributed by atoms with van der Waals surface area (Å²) < 4.78 is 21.0. The van der Waals surface area contributed by atoms with Crippen LogP contribution < -0.4 is 0 Å². The largest absolute Gasteiger partial charge is 0.481 e. The molecule has 2 nitrogen and oxygen atoms in total. The van der Waals surface area contributed by atoms with Gasteiger partial charge in [-0.05, 0) is 6.37 Å². The Morgan fingerprint density at radius 3 is 2.71 bits per heavy atom. The standard InChI is InChI=1S/C5H10O2/c1-3-4(2)5(6)7/h4H,3H2,1-2H3,(H,6,7)/i3D2,4D. The Kier molecular flexibility index (Phi) is 1.01. The summed E-state index contributed by atoms with van der Waals surface area (Å²) in [7, 11) is 0. The maximum atomic E-state index is 10.2. The molecule has 42 valence electrons. The first-order chi connectivity index (χ1) is 4.19. The molecule has 0 aromatic heterocycles. The normalized spacial score (nSPS) is 26.3. The van der Waals surface area contributed by atoms with Crippen LogP contribution in [0, 0.1) is 5.89 Å². The Morgan fingerprint density at radius 2 is 2.71 bits per heavy atom. The fourth-order valence-corrected chi connectivity index (χ4v) is 0.107. The van der Waals surface area contributed by atoms with E-state index in [1.54, 1.807) is 0 Å². The molecule has 1 atom stereocenters. The minimum Gasteiger partial charge on any atom is -0.481 e. The van der Waals surface area contributed by atoms with Crippen molar-refractivity contribution in [2.24, 2.45) is 5.89 Å². The highest BCUT2D eigenvalue weighted by Crippen LogP contribution is 1.97. The maximum absolute atomic E-state index is 10.2. The average Bonchev–Trinajstić information content (AvgIpc) is 1.62. The fourth-order valence-electron chi connectivity index (χ4n) is 0.107. The lowest BCUT2D eigenvalue weighted by Gasteiger charge is -1.96. The zero-order valence-corrected chi connectivity index (χ0v) is 4.36. The van der Waals surface area contributed by atoms with Crippen LogP contribution in [0.2, 0.25) is 0 Å². The summed E-state index contributed by atoms with van der Waals surface area (Å²) in [5.41, 5.74) is 0. The topological polar surface area (TPSA) is 37.3 Å². The van der Waals surface area contributed by atoms with Crippen molar-refractivity contribution in [3.05, 3.63) is 0 Å². The van der Waals surface area contributed by atoms with Gasteiger partial charge in [-0.2, -0.15) is 0 Å². The van der Waals surface area contributed by atoms with E-state index < -0.39 is 18.2 Å². The lowest BCUT2D eigenvalue weighted by molar-refractivity contribution is -0.141. The zero-order chi connectivity index (χ0) is 8.58. The molecule has 0 saturated heterocycles. The molecule has 0 rings (SSSR count). The number of carboxylic acids is 1. The van der Waals surface area contributed by atoms with Gasteiger partial charge in [-0.1, -0.05) is 13.8 Å². The highest BCUT2D eigenvalue weighted by Gasteiger charge is 2.05. The van der Waals surface area contributed by atoms with Gasteiger partial charge in [0.2, 0.25) is 0 Å². The van der Waals surface area contributed by atoms with Crippen LogP contribution in [0.5, 0.6) is 0 Å². The quantitative estimate of drug-likeness (QED) is 0.571. The molecule has 0 heterocycles. The van der Waals surface area contributed by atoms with Gasteiger partial charge in [-0.15, -0.1) is 0 Å². The molecule has 0 aromatic carbocycles. The van der Waals surface area contributed by atoms with E-state index in [2.05, 4.69) is 0 Å². The highest BCUT2D eigenvalue weighted by atomic mass is 16.4. The van der Waals surface area contributed by atoms with Gasteiger partial charge in [0.15, 0.2) is 0 Å². The Labute approximate surface area is 47.4 Å². The minimum absolute atomic E-state index is 1.04. The number of carbonyl (C=O) groups is 1. The Hall–Kier alpha value is -0.530. The molecule has 0 aliphatic rings. The predicted molar refractivity (Wildman–Crippen MR) is 27.1 cm³/mol. The van der Waals surface area contributed by atoms with Gasteiger partial charge in [-0.25, -0.2) is 0 Å². The van der Waals surface area contributed by atoms with Gasteiger partial charge in [0, 0.05) is 4.11 Å². The second-order valence-corrected chi connectivity index (χ2v) is 1.18. The predicted octanol–water partition coefficient (Wildman–Crippen LogP) is 1.12. The first-order valence-corrected chi connectivity index (χ1v) is 1.93. The summed E-state index contributed by atoms with van der Waals surface area (Å²) in [6.45, 7) is 2.11. The van der Waals surface area contributed by atoms with Crippen molar-refractivity contribution in [3.8, 4) is 0 Å². The van der Waals surface area contributed by atoms with Crippen molar-refractivity contribution in [2.75, 3.05) is 0 Å². The van der Waals surface area contributed by atoms with Crippen LogP contribution in [0.4, 0.5) is 0 Å². The maximum Gasteiger partial charge on any atom is 0.306 e. The van der Waals surface area contributed by atoms with E-state index >= 15 is 0 Å².